The average molecular weight is 547 g/mol. The second kappa shape index (κ2) is 10.7. The SMILES string of the molecule is CC(C)c1ccccc1OC1C[C@H]2CC[C@@H](C1)N2C(=O)c1ccc(CSc2nc3cccc(Cl)c3o2)cc1. The molecule has 1 aromatic heterocycles. The lowest BCUT2D eigenvalue weighted by Gasteiger charge is -2.39. The van der Waals surface area contributed by atoms with Gasteiger partial charge in [-0.25, -0.2) is 4.98 Å². The Morgan fingerprint density at radius 2 is 1.79 bits per heavy atom. The number of benzene rings is 3. The summed E-state index contributed by atoms with van der Waals surface area (Å²) in [6.07, 6.45) is 4.02. The van der Waals surface area contributed by atoms with Gasteiger partial charge in [-0.15, -0.1) is 0 Å². The Hall–Kier alpha value is -2.96. The fourth-order valence-electron chi connectivity index (χ4n) is 5.79. The minimum atomic E-state index is 0.131. The van der Waals surface area contributed by atoms with E-state index in [1.54, 1.807) is 6.07 Å². The van der Waals surface area contributed by atoms with Crippen LogP contribution < -0.4 is 4.74 Å². The van der Waals surface area contributed by atoms with Gasteiger partial charge in [-0.3, -0.25) is 4.79 Å². The van der Waals surface area contributed by atoms with Gasteiger partial charge in [-0.2, -0.15) is 0 Å². The van der Waals surface area contributed by atoms with Crippen LogP contribution in [0.15, 0.2) is 76.4 Å². The van der Waals surface area contributed by atoms with Gasteiger partial charge in [0.1, 0.15) is 17.4 Å². The quantitative estimate of drug-likeness (QED) is 0.219. The molecule has 7 heteroatoms. The predicted molar refractivity (Wildman–Crippen MR) is 152 cm³/mol. The summed E-state index contributed by atoms with van der Waals surface area (Å²) >= 11 is 7.72. The molecule has 1 amide bonds. The topological polar surface area (TPSA) is 55.6 Å². The maximum absolute atomic E-state index is 13.5. The highest BCUT2D eigenvalue weighted by molar-refractivity contribution is 7.98. The Morgan fingerprint density at radius 1 is 1.05 bits per heavy atom. The number of amides is 1. The van der Waals surface area contributed by atoms with E-state index in [2.05, 4.69) is 41.9 Å². The van der Waals surface area contributed by atoms with Gasteiger partial charge in [0.25, 0.3) is 11.1 Å². The first-order chi connectivity index (χ1) is 18.5. The van der Waals surface area contributed by atoms with Crippen molar-refractivity contribution in [2.75, 3.05) is 0 Å². The Labute approximate surface area is 232 Å². The molecule has 0 spiro atoms. The Bertz CT molecular complexity index is 1440. The van der Waals surface area contributed by atoms with Gasteiger partial charge in [0.15, 0.2) is 5.58 Å². The Morgan fingerprint density at radius 3 is 2.50 bits per heavy atom. The third-order valence-electron chi connectivity index (χ3n) is 7.67. The number of carbonyl (C=O) groups is 1. The Kier molecular flexibility index (Phi) is 7.10. The number of oxazole rings is 1. The number of halogens is 1. The van der Waals surface area contributed by atoms with Crippen LogP contribution in [0.1, 0.15) is 66.9 Å². The summed E-state index contributed by atoms with van der Waals surface area (Å²) in [6.45, 7) is 4.39. The molecule has 38 heavy (non-hydrogen) atoms. The second-order valence-electron chi connectivity index (χ2n) is 10.6. The fraction of sp³-hybridized carbons (Fsp3) is 0.355. The molecule has 6 rings (SSSR count). The van der Waals surface area contributed by atoms with Crippen LogP contribution in [0, 0.1) is 0 Å². The van der Waals surface area contributed by atoms with Crippen LogP contribution >= 0.6 is 23.4 Å². The van der Waals surface area contributed by atoms with Crippen LogP contribution in [-0.2, 0) is 5.75 Å². The number of aromatic nitrogens is 1. The normalized spacial score (nSPS) is 20.8. The maximum atomic E-state index is 13.5. The van der Waals surface area contributed by atoms with E-state index in [1.165, 1.54) is 17.3 Å². The Balaban J connectivity index is 1.08. The first-order valence-electron chi connectivity index (χ1n) is 13.3. The van der Waals surface area contributed by atoms with E-state index >= 15 is 0 Å². The molecular weight excluding hydrogens is 516 g/mol. The summed E-state index contributed by atoms with van der Waals surface area (Å²) in [7, 11) is 0. The average Bonchev–Trinajstić information content (AvgIpc) is 3.46. The molecule has 2 aliphatic heterocycles. The number of hydrogen-bond acceptors (Lipinski definition) is 5. The first-order valence-corrected chi connectivity index (χ1v) is 14.7. The van der Waals surface area contributed by atoms with E-state index in [0.717, 1.165) is 48.1 Å². The summed E-state index contributed by atoms with van der Waals surface area (Å²) in [4.78, 5) is 20.2. The van der Waals surface area contributed by atoms with E-state index in [0.29, 0.717) is 27.5 Å². The first kappa shape index (κ1) is 25.3. The molecule has 2 bridgehead atoms. The van der Waals surface area contributed by atoms with Crippen molar-refractivity contribution in [3.63, 3.8) is 0 Å². The number of para-hydroxylation sites is 2. The van der Waals surface area contributed by atoms with Crippen LogP contribution in [-0.4, -0.2) is 34.0 Å². The molecule has 0 saturated carbocycles. The van der Waals surface area contributed by atoms with Crippen LogP contribution in [0.4, 0.5) is 0 Å². The molecule has 1 unspecified atom stereocenters. The van der Waals surface area contributed by atoms with Crippen LogP contribution in [0.5, 0.6) is 5.75 Å². The van der Waals surface area contributed by atoms with Crippen molar-refractivity contribution >= 4 is 40.4 Å². The van der Waals surface area contributed by atoms with Gasteiger partial charge in [0.2, 0.25) is 0 Å². The molecule has 0 radical (unpaired) electrons. The van der Waals surface area contributed by atoms with Gasteiger partial charge < -0.3 is 14.1 Å². The molecule has 196 valence electrons. The number of thioether (sulfide) groups is 1. The van der Waals surface area contributed by atoms with E-state index < -0.39 is 0 Å². The third kappa shape index (κ3) is 5.04. The summed E-state index contributed by atoms with van der Waals surface area (Å²) in [6, 6.07) is 22.3. The van der Waals surface area contributed by atoms with Gasteiger partial charge in [-0.05, 0) is 60.2 Å². The fourth-order valence-corrected chi connectivity index (χ4v) is 6.79. The molecule has 0 aliphatic carbocycles. The third-order valence-corrected chi connectivity index (χ3v) is 8.87. The van der Waals surface area contributed by atoms with E-state index in [4.69, 9.17) is 20.8 Å². The van der Waals surface area contributed by atoms with Gasteiger partial charge >= 0.3 is 0 Å². The van der Waals surface area contributed by atoms with Crippen molar-refractivity contribution in [1.29, 1.82) is 0 Å². The number of rotatable bonds is 7. The van der Waals surface area contributed by atoms with Crippen molar-refractivity contribution in [2.45, 2.75) is 74.6 Å². The second-order valence-corrected chi connectivity index (χ2v) is 11.9. The standard InChI is InChI=1S/C31H31ClN2O3S/c1-19(2)25-6-3-4-9-28(25)36-24-16-22-14-15-23(17-24)34(22)30(35)21-12-10-20(11-13-21)18-38-31-33-27-8-5-7-26(32)29(27)37-31/h3-13,19,22-24H,14-18H2,1-2H3/t22-,23+,24?. The predicted octanol–water partition coefficient (Wildman–Crippen LogP) is 8.11. The molecule has 3 heterocycles. The maximum Gasteiger partial charge on any atom is 0.257 e. The molecule has 3 atom stereocenters. The summed E-state index contributed by atoms with van der Waals surface area (Å²) < 4.78 is 12.3. The van der Waals surface area contributed by atoms with Crippen molar-refractivity contribution in [3.05, 3.63) is 88.4 Å². The lowest BCUT2D eigenvalue weighted by Crippen LogP contribution is -2.49. The molecule has 2 fully saturated rings. The molecule has 4 aromatic rings. The summed E-state index contributed by atoms with van der Waals surface area (Å²) in [5, 5.41) is 1.15. The molecular formula is C31H31ClN2O3S. The molecule has 2 aliphatic rings. The van der Waals surface area contributed by atoms with Crippen molar-refractivity contribution in [3.8, 4) is 5.75 Å². The lowest BCUT2D eigenvalue weighted by atomic mass is 9.97. The molecule has 3 aromatic carbocycles. The largest absolute Gasteiger partial charge is 0.490 e. The smallest absolute Gasteiger partial charge is 0.257 e. The van der Waals surface area contributed by atoms with Crippen LogP contribution in [0.2, 0.25) is 5.02 Å². The minimum absolute atomic E-state index is 0.131. The lowest BCUT2D eigenvalue weighted by molar-refractivity contribution is 0.0356. The highest BCUT2D eigenvalue weighted by Crippen LogP contribution is 2.39. The minimum Gasteiger partial charge on any atom is -0.490 e. The molecule has 2 saturated heterocycles. The van der Waals surface area contributed by atoms with Crippen LogP contribution in [0.3, 0.4) is 0 Å². The molecule has 5 nitrogen and oxygen atoms in total. The van der Waals surface area contributed by atoms with Crippen LogP contribution in [0.25, 0.3) is 11.1 Å². The van der Waals surface area contributed by atoms with Crippen molar-refractivity contribution < 1.29 is 13.9 Å². The van der Waals surface area contributed by atoms with E-state index in [-0.39, 0.29) is 24.1 Å². The van der Waals surface area contributed by atoms with Gasteiger partial charge in [0.05, 0.1) is 5.02 Å². The van der Waals surface area contributed by atoms with Crippen molar-refractivity contribution in [1.82, 2.24) is 9.88 Å². The zero-order chi connectivity index (χ0) is 26.2. The number of fused-ring (bicyclic) bond motifs is 3. The number of ether oxygens (including phenoxy) is 1. The zero-order valence-corrected chi connectivity index (χ0v) is 23.2. The van der Waals surface area contributed by atoms with E-state index in [9.17, 15) is 4.79 Å². The van der Waals surface area contributed by atoms with Gasteiger partial charge in [0, 0.05) is 36.2 Å². The summed E-state index contributed by atoms with van der Waals surface area (Å²) in [5.74, 6) is 2.23. The highest BCUT2D eigenvalue weighted by Gasteiger charge is 2.44. The number of hydrogen-bond donors (Lipinski definition) is 0. The number of piperidine rings is 1. The van der Waals surface area contributed by atoms with Gasteiger partial charge in [-0.1, -0.05) is 73.6 Å². The van der Waals surface area contributed by atoms with Crippen molar-refractivity contribution in [2.24, 2.45) is 0 Å². The van der Waals surface area contributed by atoms with E-state index in [1.807, 2.05) is 42.5 Å². The monoisotopic (exact) mass is 546 g/mol. The number of nitrogens with zero attached hydrogens (tertiary/aromatic N) is 2. The highest BCUT2D eigenvalue weighted by atomic mass is 35.5. The zero-order valence-electron chi connectivity index (χ0n) is 21.6. The number of carbonyl (C=O) groups excluding carboxylic acids is 1. The molecule has 0 N–H and O–H groups in total. The summed E-state index contributed by atoms with van der Waals surface area (Å²) in [5.41, 5.74) is 4.48.